The lowest BCUT2D eigenvalue weighted by atomic mass is 9.86. The van der Waals surface area contributed by atoms with E-state index in [2.05, 4.69) is 5.32 Å². The molecule has 2 fully saturated rings. The van der Waals surface area contributed by atoms with Crippen LogP contribution in [0.25, 0.3) is 0 Å². The van der Waals surface area contributed by atoms with Gasteiger partial charge in [0.25, 0.3) is 0 Å². The molecule has 0 saturated heterocycles. The zero-order chi connectivity index (χ0) is 15.5. The molecule has 1 unspecified atom stereocenters. The number of hydrogen-bond donors (Lipinski definition) is 3. The summed E-state index contributed by atoms with van der Waals surface area (Å²) in [5.41, 5.74) is 5.93. The molecule has 2 aliphatic carbocycles. The normalized spacial score (nSPS) is 22.8. The molecular weight excluding hydrogens is 268 g/mol. The molecule has 120 valence electrons. The van der Waals surface area contributed by atoms with Crippen molar-refractivity contribution in [2.45, 2.75) is 63.5 Å². The molecule has 0 radical (unpaired) electrons. The van der Waals surface area contributed by atoms with Gasteiger partial charge in [-0.05, 0) is 63.2 Å². The second-order valence-electron chi connectivity index (χ2n) is 7.25. The molecule has 0 heterocycles. The van der Waals surface area contributed by atoms with Gasteiger partial charge in [0.2, 0.25) is 0 Å². The number of nitrogens with two attached hydrogens (primary N) is 1. The predicted molar refractivity (Wildman–Crippen MR) is 80.9 cm³/mol. The van der Waals surface area contributed by atoms with Crippen LogP contribution in [0.5, 0.6) is 0 Å². The van der Waals surface area contributed by atoms with Crippen LogP contribution >= 0.6 is 0 Å². The number of carbonyl (C=O) groups excluding carboxylic acids is 1. The second kappa shape index (κ2) is 6.88. The Balaban J connectivity index is 1.72. The van der Waals surface area contributed by atoms with Crippen LogP contribution in [-0.2, 0) is 9.59 Å². The molecule has 21 heavy (non-hydrogen) atoms. The van der Waals surface area contributed by atoms with Crippen molar-refractivity contribution in [2.75, 3.05) is 6.54 Å². The fraction of sp³-hybridized carbons (Fsp3) is 0.875. The van der Waals surface area contributed by atoms with E-state index in [1.54, 1.807) is 0 Å². The van der Waals surface area contributed by atoms with Crippen LogP contribution in [0.2, 0.25) is 0 Å². The third-order valence-electron chi connectivity index (χ3n) is 4.83. The summed E-state index contributed by atoms with van der Waals surface area (Å²) in [7, 11) is 0. The smallest absolute Gasteiger partial charge is 0.305 e. The summed E-state index contributed by atoms with van der Waals surface area (Å²) < 4.78 is 0. The molecule has 0 spiro atoms. The largest absolute Gasteiger partial charge is 0.481 e. The van der Waals surface area contributed by atoms with Crippen LogP contribution in [0.15, 0.2) is 0 Å². The Morgan fingerprint density at radius 2 is 1.95 bits per heavy atom. The van der Waals surface area contributed by atoms with Gasteiger partial charge in [-0.3, -0.25) is 4.79 Å². The third-order valence-corrected chi connectivity index (χ3v) is 4.83. The van der Waals surface area contributed by atoms with E-state index in [0.29, 0.717) is 12.8 Å². The molecular formula is C16H28N2O3. The summed E-state index contributed by atoms with van der Waals surface area (Å²) >= 11 is 0. The van der Waals surface area contributed by atoms with Crippen molar-refractivity contribution in [1.82, 2.24) is 5.32 Å². The second-order valence-corrected chi connectivity index (χ2v) is 7.25. The van der Waals surface area contributed by atoms with E-state index in [1.165, 1.54) is 25.7 Å². The molecule has 4 N–H and O–H groups in total. The van der Waals surface area contributed by atoms with E-state index in [1.807, 2.05) is 6.92 Å². The number of carbonyl (C=O) groups is 2. The van der Waals surface area contributed by atoms with Gasteiger partial charge in [-0.15, -0.1) is 0 Å². The molecule has 0 amide bonds. The molecule has 0 aliphatic heterocycles. The molecule has 5 nitrogen and oxygen atoms in total. The monoisotopic (exact) mass is 296 g/mol. The van der Waals surface area contributed by atoms with Gasteiger partial charge in [0.1, 0.15) is 6.29 Å². The number of rotatable bonds is 11. The van der Waals surface area contributed by atoms with Crippen molar-refractivity contribution in [3.05, 3.63) is 0 Å². The summed E-state index contributed by atoms with van der Waals surface area (Å²) in [6, 6.07) is -0.645. The lowest BCUT2D eigenvalue weighted by molar-refractivity contribution is -0.138. The number of hydrogen-bond acceptors (Lipinski definition) is 4. The van der Waals surface area contributed by atoms with E-state index in [0.717, 1.165) is 30.6 Å². The highest BCUT2D eigenvalue weighted by Gasteiger charge is 2.41. The van der Waals surface area contributed by atoms with E-state index in [-0.39, 0.29) is 12.0 Å². The summed E-state index contributed by atoms with van der Waals surface area (Å²) in [6.07, 6.45) is 8.08. The Morgan fingerprint density at radius 1 is 1.38 bits per heavy atom. The number of aldehydes is 1. The van der Waals surface area contributed by atoms with Gasteiger partial charge >= 0.3 is 5.97 Å². The van der Waals surface area contributed by atoms with Gasteiger partial charge in [0.15, 0.2) is 0 Å². The van der Waals surface area contributed by atoms with Crippen molar-refractivity contribution >= 4 is 12.3 Å². The molecule has 0 bridgehead atoms. The van der Waals surface area contributed by atoms with E-state index < -0.39 is 12.0 Å². The topological polar surface area (TPSA) is 92.4 Å². The SMILES string of the molecule is CC(N)(CCC(C1CC1)C1CC1)CN[C@@H](C=O)CC(=O)O. The third kappa shape index (κ3) is 5.75. The van der Waals surface area contributed by atoms with E-state index in [9.17, 15) is 9.59 Å². The van der Waals surface area contributed by atoms with Crippen LogP contribution in [-0.4, -0.2) is 35.5 Å². The molecule has 0 aromatic rings. The Labute approximate surface area is 126 Å². The minimum Gasteiger partial charge on any atom is -0.481 e. The van der Waals surface area contributed by atoms with Crippen molar-refractivity contribution in [3.8, 4) is 0 Å². The Bertz CT molecular complexity index is 364. The molecule has 2 aliphatic rings. The van der Waals surface area contributed by atoms with Gasteiger partial charge in [0.05, 0.1) is 12.5 Å². The molecule has 0 aromatic heterocycles. The maximum absolute atomic E-state index is 10.9. The lowest BCUT2D eigenvalue weighted by Gasteiger charge is -2.29. The number of aliphatic carboxylic acids is 1. The van der Waals surface area contributed by atoms with E-state index >= 15 is 0 Å². The first-order chi connectivity index (χ1) is 9.91. The first-order valence-electron chi connectivity index (χ1n) is 8.10. The predicted octanol–water partition coefficient (Wildman–Crippen LogP) is 1.55. The highest BCUT2D eigenvalue weighted by atomic mass is 16.4. The van der Waals surface area contributed by atoms with E-state index in [4.69, 9.17) is 10.8 Å². The van der Waals surface area contributed by atoms with Crippen molar-refractivity contribution < 1.29 is 14.7 Å². The molecule has 0 aromatic carbocycles. The minimum atomic E-state index is -0.971. The van der Waals surface area contributed by atoms with Gasteiger partial charge in [-0.1, -0.05) is 0 Å². The average Bonchev–Trinajstić information content (AvgIpc) is 3.25. The van der Waals surface area contributed by atoms with Crippen LogP contribution < -0.4 is 11.1 Å². The number of carboxylic acid groups (broad SMARTS) is 1. The van der Waals surface area contributed by atoms with Crippen LogP contribution in [0.1, 0.15) is 51.9 Å². The van der Waals surface area contributed by atoms with Crippen LogP contribution in [0.3, 0.4) is 0 Å². The van der Waals surface area contributed by atoms with Crippen molar-refractivity contribution in [3.63, 3.8) is 0 Å². The fourth-order valence-corrected chi connectivity index (χ4v) is 3.21. The van der Waals surface area contributed by atoms with Crippen LogP contribution in [0.4, 0.5) is 0 Å². The van der Waals surface area contributed by atoms with Gasteiger partial charge < -0.3 is 21.0 Å². The maximum Gasteiger partial charge on any atom is 0.305 e. The van der Waals surface area contributed by atoms with Gasteiger partial charge in [-0.2, -0.15) is 0 Å². The molecule has 5 heteroatoms. The summed E-state index contributed by atoms with van der Waals surface area (Å²) in [6.45, 7) is 2.46. The maximum atomic E-state index is 10.9. The highest BCUT2D eigenvalue weighted by molar-refractivity contribution is 5.73. The first kappa shape index (κ1) is 16.4. The standard InChI is InChI=1S/C16H28N2O3/c1-16(17,10-18-13(9-19)8-15(20)21)7-6-14(11-2-3-11)12-4-5-12/h9,11-14,18H,2-8,10,17H2,1H3,(H,20,21)/t13-,16?/m1/s1. The Hall–Kier alpha value is -0.940. The first-order valence-corrected chi connectivity index (χ1v) is 8.10. The molecule has 2 rings (SSSR count). The Morgan fingerprint density at radius 3 is 2.38 bits per heavy atom. The molecule has 2 atom stereocenters. The molecule has 2 saturated carbocycles. The number of carboxylic acids is 1. The fourth-order valence-electron chi connectivity index (χ4n) is 3.21. The van der Waals surface area contributed by atoms with Crippen molar-refractivity contribution in [2.24, 2.45) is 23.5 Å². The van der Waals surface area contributed by atoms with Gasteiger partial charge in [-0.25, -0.2) is 0 Å². The number of nitrogens with one attached hydrogen (secondary N) is 1. The summed E-state index contributed by atoms with van der Waals surface area (Å²) in [4.78, 5) is 21.5. The zero-order valence-corrected chi connectivity index (χ0v) is 12.9. The lowest BCUT2D eigenvalue weighted by Crippen LogP contribution is -2.50. The highest BCUT2D eigenvalue weighted by Crippen LogP contribution is 2.51. The zero-order valence-electron chi connectivity index (χ0n) is 12.9. The summed E-state index contributed by atoms with van der Waals surface area (Å²) in [5, 5.41) is 11.7. The van der Waals surface area contributed by atoms with Crippen molar-refractivity contribution in [1.29, 1.82) is 0 Å². The minimum absolute atomic E-state index is 0.188. The van der Waals surface area contributed by atoms with Crippen LogP contribution in [0, 0.1) is 17.8 Å². The Kier molecular flexibility index (Phi) is 5.38. The average molecular weight is 296 g/mol. The summed E-state index contributed by atoms with van der Waals surface area (Å²) in [5.74, 6) is 1.72. The van der Waals surface area contributed by atoms with Gasteiger partial charge in [0, 0.05) is 12.1 Å². The quantitative estimate of drug-likeness (QED) is 0.503.